The number of nitrogens with one attached hydrogen (secondary N) is 1. The highest BCUT2D eigenvalue weighted by atomic mass is 32.1. The number of hydrogen-bond donors (Lipinski definition) is 2. The number of aryl methyl sites for hydroxylation is 1. The van der Waals surface area contributed by atoms with Crippen molar-refractivity contribution in [2.75, 3.05) is 13.2 Å². The number of carbonyl (C=O) groups excluding carboxylic acids is 2. The second-order valence-corrected chi connectivity index (χ2v) is 9.43. The number of benzene rings is 1. The Balaban J connectivity index is 0.000000233. The van der Waals surface area contributed by atoms with Gasteiger partial charge >= 0.3 is 6.09 Å². The molecule has 170 valence electrons. The van der Waals surface area contributed by atoms with Gasteiger partial charge in [0.2, 0.25) is 6.41 Å². The summed E-state index contributed by atoms with van der Waals surface area (Å²) in [7, 11) is 0. The number of hydrogen-bond acceptors (Lipinski definition) is 6. The second-order valence-electron chi connectivity index (χ2n) is 8.57. The maximum atomic E-state index is 11.6. The zero-order valence-corrected chi connectivity index (χ0v) is 19.7. The lowest BCUT2D eigenvalue weighted by Gasteiger charge is -2.26. The van der Waals surface area contributed by atoms with E-state index in [4.69, 9.17) is 4.74 Å². The van der Waals surface area contributed by atoms with Gasteiger partial charge in [-0.1, -0.05) is 24.3 Å². The molecule has 1 aliphatic heterocycles. The van der Waals surface area contributed by atoms with Gasteiger partial charge in [0.25, 0.3) is 0 Å². The third kappa shape index (κ3) is 7.33. The van der Waals surface area contributed by atoms with Gasteiger partial charge in [-0.15, -0.1) is 11.3 Å². The van der Waals surface area contributed by atoms with E-state index in [1.165, 1.54) is 0 Å². The molecule has 0 spiro atoms. The Hall–Kier alpha value is -2.45. The fourth-order valence-electron chi connectivity index (χ4n) is 3.31. The smallest absolute Gasteiger partial charge is 0.410 e. The van der Waals surface area contributed by atoms with Crippen molar-refractivity contribution < 1.29 is 19.4 Å². The van der Waals surface area contributed by atoms with Gasteiger partial charge in [0.1, 0.15) is 5.60 Å². The van der Waals surface area contributed by atoms with Gasteiger partial charge in [0.15, 0.2) is 0 Å². The summed E-state index contributed by atoms with van der Waals surface area (Å²) in [4.78, 5) is 29.2. The zero-order valence-electron chi connectivity index (χ0n) is 18.9. The zero-order chi connectivity index (χ0) is 23.0. The molecule has 1 aromatic heterocycles. The molecule has 7 nitrogen and oxygen atoms in total. The Labute approximate surface area is 188 Å². The Morgan fingerprint density at radius 3 is 2.52 bits per heavy atom. The molecule has 2 unspecified atom stereocenters. The van der Waals surface area contributed by atoms with Crippen LogP contribution < -0.4 is 5.32 Å². The highest BCUT2D eigenvalue weighted by molar-refractivity contribution is 7.13. The largest absolute Gasteiger partial charge is 0.444 e. The SMILES string of the molecule is CC1CCCN1C(=O)OC(C)(C)C.Cc1ncsc1-c1ccc(C(CO)NC=O)cc1. The van der Waals surface area contributed by atoms with Crippen LogP contribution in [-0.4, -0.2) is 52.3 Å². The summed E-state index contributed by atoms with van der Waals surface area (Å²) in [6.45, 7) is 10.5. The summed E-state index contributed by atoms with van der Waals surface area (Å²) < 4.78 is 5.28. The van der Waals surface area contributed by atoms with Crippen LogP contribution in [-0.2, 0) is 9.53 Å². The number of carbonyl (C=O) groups is 2. The Kier molecular flexibility index (Phi) is 9.00. The number of nitrogens with zero attached hydrogens (tertiary/aromatic N) is 2. The molecule has 0 aliphatic carbocycles. The molecule has 31 heavy (non-hydrogen) atoms. The van der Waals surface area contributed by atoms with Crippen molar-refractivity contribution in [1.82, 2.24) is 15.2 Å². The summed E-state index contributed by atoms with van der Waals surface area (Å²) in [5.74, 6) is 0. The lowest BCUT2D eigenvalue weighted by Crippen LogP contribution is -2.38. The third-order valence-corrected chi connectivity index (χ3v) is 5.93. The van der Waals surface area contributed by atoms with E-state index in [1.54, 1.807) is 11.3 Å². The van der Waals surface area contributed by atoms with Crippen LogP contribution in [0.2, 0.25) is 0 Å². The molecule has 2 atom stereocenters. The molecular weight excluding hydrogens is 414 g/mol. The minimum absolute atomic E-state index is 0.113. The Bertz CT molecular complexity index is 845. The number of likely N-dealkylation sites (tertiary alicyclic amines) is 1. The monoisotopic (exact) mass is 447 g/mol. The van der Waals surface area contributed by atoms with Crippen molar-refractivity contribution in [1.29, 1.82) is 0 Å². The van der Waals surface area contributed by atoms with Gasteiger partial charge in [0, 0.05) is 12.6 Å². The number of aliphatic hydroxyl groups is 1. The van der Waals surface area contributed by atoms with E-state index in [1.807, 2.05) is 62.4 Å². The van der Waals surface area contributed by atoms with E-state index in [2.05, 4.69) is 17.2 Å². The number of amides is 2. The van der Waals surface area contributed by atoms with Crippen molar-refractivity contribution in [2.45, 2.75) is 65.1 Å². The lowest BCUT2D eigenvalue weighted by atomic mass is 10.0. The van der Waals surface area contributed by atoms with Gasteiger partial charge < -0.3 is 20.1 Å². The maximum absolute atomic E-state index is 11.6. The first kappa shape index (κ1) is 24.8. The van der Waals surface area contributed by atoms with Crippen molar-refractivity contribution in [3.8, 4) is 10.4 Å². The molecule has 0 radical (unpaired) electrons. The number of rotatable bonds is 5. The summed E-state index contributed by atoms with van der Waals surface area (Å²) in [6.07, 6.45) is 2.62. The van der Waals surface area contributed by atoms with E-state index in [0.717, 1.165) is 41.1 Å². The van der Waals surface area contributed by atoms with Crippen LogP contribution in [0.15, 0.2) is 29.8 Å². The van der Waals surface area contributed by atoms with Gasteiger partial charge in [-0.25, -0.2) is 9.78 Å². The van der Waals surface area contributed by atoms with Gasteiger partial charge in [0.05, 0.1) is 28.7 Å². The van der Waals surface area contributed by atoms with Crippen LogP contribution in [0.4, 0.5) is 4.79 Å². The van der Waals surface area contributed by atoms with E-state index < -0.39 is 0 Å². The first-order valence-corrected chi connectivity index (χ1v) is 11.3. The predicted molar refractivity (Wildman–Crippen MR) is 123 cm³/mol. The van der Waals surface area contributed by atoms with Crippen LogP contribution in [0.25, 0.3) is 10.4 Å². The molecule has 1 aromatic carbocycles. The van der Waals surface area contributed by atoms with Crippen molar-refractivity contribution >= 4 is 23.8 Å². The Morgan fingerprint density at radius 2 is 2.06 bits per heavy atom. The fourth-order valence-corrected chi connectivity index (χ4v) is 4.12. The molecule has 2 amide bonds. The van der Waals surface area contributed by atoms with Crippen LogP contribution in [0.5, 0.6) is 0 Å². The number of aromatic nitrogens is 1. The van der Waals surface area contributed by atoms with E-state index in [9.17, 15) is 14.7 Å². The number of thiazole rings is 1. The first-order valence-electron chi connectivity index (χ1n) is 10.5. The average Bonchev–Trinajstić information content (AvgIpc) is 3.33. The highest BCUT2D eigenvalue weighted by Gasteiger charge is 2.29. The molecule has 2 N–H and O–H groups in total. The van der Waals surface area contributed by atoms with E-state index in [-0.39, 0.29) is 24.3 Å². The second kappa shape index (κ2) is 11.2. The average molecular weight is 448 g/mol. The molecule has 2 heterocycles. The lowest BCUT2D eigenvalue weighted by molar-refractivity contribution is -0.110. The first-order chi connectivity index (χ1) is 14.7. The van der Waals surface area contributed by atoms with Crippen molar-refractivity contribution in [3.05, 3.63) is 41.0 Å². The van der Waals surface area contributed by atoms with Crippen molar-refractivity contribution in [3.63, 3.8) is 0 Å². The normalized spacial score (nSPS) is 16.8. The van der Waals surface area contributed by atoms with Crippen LogP contribution in [0.1, 0.15) is 57.8 Å². The molecular formula is C23H33N3O4S. The van der Waals surface area contributed by atoms with Gasteiger partial charge in [-0.2, -0.15) is 0 Å². The highest BCUT2D eigenvalue weighted by Crippen LogP contribution is 2.28. The minimum atomic E-state index is -0.376. The summed E-state index contributed by atoms with van der Waals surface area (Å²) in [5.41, 5.74) is 4.44. The molecule has 0 bridgehead atoms. The fraction of sp³-hybridized carbons (Fsp3) is 0.522. The van der Waals surface area contributed by atoms with E-state index >= 15 is 0 Å². The van der Waals surface area contributed by atoms with Gasteiger partial charge in [-0.05, 0) is 58.6 Å². The quantitative estimate of drug-likeness (QED) is 0.667. The topological polar surface area (TPSA) is 91.8 Å². The predicted octanol–water partition coefficient (Wildman–Crippen LogP) is 4.30. The van der Waals surface area contributed by atoms with Crippen LogP contribution >= 0.6 is 11.3 Å². The standard InChI is InChI=1S/C13H14N2O2S.C10H19NO2/c1-9-13(18-8-15-9)11-4-2-10(3-5-11)12(6-16)14-7-17;1-8-6-5-7-11(8)9(12)13-10(2,3)4/h2-5,7-8,12,16H,6H2,1H3,(H,14,17);8H,5-7H2,1-4H3. The van der Waals surface area contributed by atoms with Crippen molar-refractivity contribution in [2.24, 2.45) is 0 Å². The maximum Gasteiger partial charge on any atom is 0.410 e. The molecule has 1 fully saturated rings. The molecule has 3 rings (SSSR count). The van der Waals surface area contributed by atoms with Crippen LogP contribution in [0.3, 0.4) is 0 Å². The summed E-state index contributed by atoms with van der Waals surface area (Å²) in [5, 5.41) is 11.8. The van der Waals surface area contributed by atoms with Crippen LogP contribution in [0, 0.1) is 6.92 Å². The molecule has 8 heteroatoms. The molecule has 1 saturated heterocycles. The number of aliphatic hydroxyl groups excluding tert-OH is 1. The molecule has 2 aromatic rings. The number of ether oxygens (including phenoxy) is 1. The summed E-state index contributed by atoms with van der Waals surface area (Å²) in [6, 6.07) is 7.77. The minimum Gasteiger partial charge on any atom is -0.444 e. The molecule has 0 saturated carbocycles. The van der Waals surface area contributed by atoms with E-state index in [0.29, 0.717) is 12.5 Å². The molecule has 1 aliphatic rings. The Morgan fingerprint density at radius 1 is 1.39 bits per heavy atom. The third-order valence-electron chi connectivity index (χ3n) is 4.95. The summed E-state index contributed by atoms with van der Waals surface area (Å²) >= 11 is 1.60. The van der Waals surface area contributed by atoms with Gasteiger partial charge in [-0.3, -0.25) is 4.79 Å².